The minimum absolute atomic E-state index is 0.0939. The molecule has 0 aliphatic rings. The molecule has 0 bridgehead atoms. The van der Waals surface area contributed by atoms with E-state index >= 15 is 0 Å². The number of rotatable bonds is 7. The van der Waals surface area contributed by atoms with Gasteiger partial charge in [0.2, 0.25) is 0 Å². The number of nitrogens with zero attached hydrogens (tertiary/aromatic N) is 1. The van der Waals surface area contributed by atoms with Gasteiger partial charge in [0.15, 0.2) is 5.72 Å². The van der Waals surface area contributed by atoms with Gasteiger partial charge in [-0.3, -0.25) is 4.90 Å². The molecule has 142 valence electrons. The molecule has 0 aromatic heterocycles. The molecule has 0 saturated carbocycles. The first kappa shape index (κ1) is 24.5. The fraction of sp³-hybridized carbons (Fsp3) is 0.824. The molecule has 0 spiro atoms. The summed E-state index contributed by atoms with van der Waals surface area (Å²) in [6, 6.07) is 0. The second-order valence-electron chi connectivity index (χ2n) is 6.66. The molecule has 0 aromatic carbocycles. The molecule has 2 N–H and O–H groups in total. The Morgan fingerprint density at radius 2 is 1.46 bits per heavy atom. The predicted octanol–water partition coefficient (Wildman–Crippen LogP) is 3.84. The van der Waals surface area contributed by atoms with Gasteiger partial charge in [-0.1, -0.05) is 13.8 Å². The summed E-state index contributed by atoms with van der Waals surface area (Å²) in [7, 11) is 0. The van der Waals surface area contributed by atoms with Gasteiger partial charge in [0.25, 0.3) is 0 Å². The van der Waals surface area contributed by atoms with Crippen molar-refractivity contribution in [3.8, 4) is 0 Å². The van der Waals surface area contributed by atoms with Gasteiger partial charge in [-0.15, -0.1) is 0 Å². The standard InChI is InChI=1S/C15H28N2O5.C2H6/c1-11(18)9-7-8-10-17(13(20)22-14(2,3)4)15(5,6)21-12(16)19;1-2/h7-10H2,1-6H3,(H2,16,19);1-2H3. The molecule has 7 nitrogen and oxygen atoms in total. The fourth-order valence-electron chi connectivity index (χ4n) is 1.84. The van der Waals surface area contributed by atoms with Crippen molar-refractivity contribution in [1.82, 2.24) is 4.90 Å². The average molecular weight is 346 g/mol. The number of ketones is 1. The lowest BCUT2D eigenvalue weighted by Crippen LogP contribution is -2.53. The second-order valence-corrected chi connectivity index (χ2v) is 6.66. The van der Waals surface area contributed by atoms with Crippen molar-refractivity contribution in [1.29, 1.82) is 0 Å². The van der Waals surface area contributed by atoms with Crippen LogP contribution in [-0.4, -0.2) is 40.7 Å². The third kappa shape index (κ3) is 11.7. The number of hydrogen-bond donors (Lipinski definition) is 1. The number of unbranched alkanes of at least 4 members (excludes halogenated alkanes) is 1. The molecule has 0 fully saturated rings. The van der Waals surface area contributed by atoms with Crippen molar-refractivity contribution < 1.29 is 23.9 Å². The second kappa shape index (κ2) is 10.9. The van der Waals surface area contributed by atoms with Gasteiger partial charge in [-0.05, 0) is 54.4 Å². The first-order chi connectivity index (χ1) is 10.8. The van der Waals surface area contributed by atoms with Crippen LogP contribution in [0.5, 0.6) is 0 Å². The van der Waals surface area contributed by atoms with E-state index in [1.807, 2.05) is 13.8 Å². The van der Waals surface area contributed by atoms with Gasteiger partial charge in [0.05, 0.1) is 0 Å². The highest BCUT2D eigenvalue weighted by molar-refractivity contribution is 5.75. The number of ether oxygens (including phenoxy) is 2. The predicted molar refractivity (Wildman–Crippen MR) is 93.6 cm³/mol. The molecule has 0 radical (unpaired) electrons. The molecule has 0 heterocycles. The summed E-state index contributed by atoms with van der Waals surface area (Å²) in [6.07, 6.45) is 0.106. The smallest absolute Gasteiger partial charge is 0.413 e. The first-order valence-corrected chi connectivity index (χ1v) is 8.33. The van der Waals surface area contributed by atoms with Gasteiger partial charge in [-0.2, -0.15) is 0 Å². The number of Topliss-reactive ketones (excluding diaryl/α,β-unsaturated/α-hetero) is 1. The van der Waals surface area contributed by atoms with E-state index in [-0.39, 0.29) is 5.78 Å². The molecule has 0 atom stereocenters. The monoisotopic (exact) mass is 346 g/mol. The van der Waals surface area contributed by atoms with Crippen LogP contribution in [0.4, 0.5) is 9.59 Å². The van der Waals surface area contributed by atoms with E-state index in [2.05, 4.69) is 0 Å². The minimum Gasteiger partial charge on any atom is -0.444 e. The molecule has 0 saturated heterocycles. The number of primary amides is 1. The van der Waals surface area contributed by atoms with Gasteiger partial charge >= 0.3 is 12.2 Å². The van der Waals surface area contributed by atoms with E-state index in [0.29, 0.717) is 25.8 Å². The average Bonchev–Trinajstić information content (AvgIpc) is 2.36. The normalized spacial score (nSPS) is 11.0. The minimum atomic E-state index is -1.23. The molecule has 2 amide bonds. The molecule has 0 aliphatic carbocycles. The molecule has 0 rings (SSSR count). The zero-order valence-corrected chi connectivity index (χ0v) is 16.4. The van der Waals surface area contributed by atoms with Crippen molar-refractivity contribution in [2.45, 2.75) is 86.0 Å². The molecule has 0 unspecified atom stereocenters. The van der Waals surface area contributed by atoms with Crippen LogP contribution in [-0.2, 0) is 14.3 Å². The van der Waals surface area contributed by atoms with E-state index in [9.17, 15) is 14.4 Å². The highest BCUT2D eigenvalue weighted by Gasteiger charge is 2.36. The summed E-state index contributed by atoms with van der Waals surface area (Å²) in [6.45, 7) is 14.2. The summed E-state index contributed by atoms with van der Waals surface area (Å²) in [5, 5.41) is 0. The molecule has 24 heavy (non-hydrogen) atoms. The van der Waals surface area contributed by atoms with Crippen LogP contribution in [0.25, 0.3) is 0 Å². The SMILES string of the molecule is CC.CC(=O)CCCCN(C(=O)OC(C)(C)C)C(C)(C)OC(N)=O. The van der Waals surface area contributed by atoms with Crippen LogP contribution >= 0.6 is 0 Å². The van der Waals surface area contributed by atoms with Crippen LogP contribution in [0.1, 0.15) is 74.7 Å². The van der Waals surface area contributed by atoms with Gasteiger partial charge in [0.1, 0.15) is 11.4 Å². The van der Waals surface area contributed by atoms with E-state index in [1.165, 1.54) is 11.8 Å². The number of carbonyl (C=O) groups is 3. The molecule has 0 aromatic rings. The summed E-state index contributed by atoms with van der Waals surface area (Å²) in [5.41, 5.74) is 3.15. The zero-order chi connectivity index (χ0) is 19.6. The fourth-order valence-corrected chi connectivity index (χ4v) is 1.84. The summed E-state index contributed by atoms with van der Waals surface area (Å²) in [5.74, 6) is 0.0939. The van der Waals surface area contributed by atoms with Crippen molar-refractivity contribution >= 4 is 18.0 Å². The number of amides is 2. The van der Waals surface area contributed by atoms with E-state index in [4.69, 9.17) is 15.2 Å². The van der Waals surface area contributed by atoms with Crippen LogP contribution in [0.2, 0.25) is 0 Å². The van der Waals surface area contributed by atoms with Crippen molar-refractivity contribution in [2.75, 3.05) is 6.54 Å². The van der Waals surface area contributed by atoms with E-state index < -0.39 is 23.5 Å². The lowest BCUT2D eigenvalue weighted by atomic mass is 10.1. The zero-order valence-electron chi connectivity index (χ0n) is 16.4. The third-order valence-electron chi connectivity index (χ3n) is 2.77. The lowest BCUT2D eigenvalue weighted by molar-refractivity contribution is -0.117. The molecular weight excluding hydrogens is 312 g/mol. The Balaban J connectivity index is 0. The Morgan fingerprint density at radius 3 is 1.83 bits per heavy atom. The topological polar surface area (TPSA) is 98.9 Å². The Bertz CT molecular complexity index is 414. The first-order valence-electron chi connectivity index (χ1n) is 8.33. The largest absolute Gasteiger partial charge is 0.444 e. The summed E-state index contributed by atoms with van der Waals surface area (Å²) in [4.78, 5) is 35.6. The molecule has 0 aliphatic heterocycles. The van der Waals surface area contributed by atoms with Gasteiger partial charge < -0.3 is 20.0 Å². The Kier molecular flexibility index (Phi) is 11.1. The molecule has 7 heteroatoms. The maximum absolute atomic E-state index is 12.3. The number of carbonyl (C=O) groups excluding carboxylic acids is 3. The van der Waals surface area contributed by atoms with Crippen molar-refractivity contribution in [3.63, 3.8) is 0 Å². The number of nitrogens with two attached hydrogens (primary N) is 1. The highest BCUT2D eigenvalue weighted by atomic mass is 16.6. The van der Waals surface area contributed by atoms with Crippen molar-refractivity contribution in [2.24, 2.45) is 5.73 Å². The quantitative estimate of drug-likeness (QED) is 0.558. The Hall–Kier alpha value is -1.79. The maximum atomic E-state index is 12.3. The maximum Gasteiger partial charge on any atom is 0.413 e. The summed E-state index contributed by atoms with van der Waals surface area (Å²) >= 11 is 0. The van der Waals surface area contributed by atoms with Crippen LogP contribution in [0.15, 0.2) is 0 Å². The van der Waals surface area contributed by atoms with Crippen LogP contribution in [0.3, 0.4) is 0 Å². The highest BCUT2D eigenvalue weighted by Crippen LogP contribution is 2.21. The molecular formula is C17H34N2O5. The van der Waals surface area contributed by atoms with E-state index in [1.54, 1.807) is 34.6 Å². The van der Waals surface area contributed by atoms with Gasteiger partial charge in [-0.25, -0.2) is 9.59 Å². The van der Waals surface area contributed by atoms with Gasteiger partial charge in [0, 0.05) is 13.0 Å². The van der Waals surface area contributed by atoms with Crippen molar-refractivity contribution in [3.05, 3.63) is 0 Å². The number of hydrogen-bond acceptors (Lipinski definition) is 5. The summed E-state index contributed by atoms with van der Waals surface area (Å²) < 4.78 is 10.3. The van der Waals surface area contributed by atoms with Crippen LogP contribution in [0, 0.1) is 0 Å². The lowest BCUT2D eigenvalue weighted by Gasteiger charge is -2.38. The third-order valence-corrected chi connectivity index (χ3v) is 2.77. The Labute approximate surface area is 145 Å². The van der Waals surface area contributed by atoms with E-state index in [0.717, 1.165) is 0 Å². The Morgan fingerprint density at radius 1 is 0.958 bits per heavy atom. The van der Waals surface area contributed by atoms with Crippen LogP contribution < -0.4 is 5.73 Å².